The minimum absolute atomic E-state index is 1.10. The molecular weight excluding hydrogens is 242 g/mol. The fourth-order valence-corrected chi connectivity index (χ4v) is 5.48. The van der Waals surface area contributed by atoms with Crippen molar-refractivity contribution in [2.45, 2.75) is 23.6 Å². The highest BCUT2D eigenvalue weighted by Gasteiger charge is 2.20. The first-order valence-electron chi connectivity index (χ1n) is 4.66. The molecular formula is C11H9NS3. The van der Waals surface area contributed by atoms with Crippen LogP contribution in [0.5, 0.6) is 0 Å². The molecule has 0 N–H and O–H groups in total. The molecule has 0 amide bonds. The summed E-state index contributed by atoms with van der Waals surface area (Å²) in [5.41, 5.74) is 2.40. The molecule has 0 spiro atoms. The van der Waals surface area contributed by atoms with Gasteiger partial charge in [-0.2, -0.15) is 0 Å². The lowest BCUT2D eigenvalue weighted by atomic mass is 10.2. The van der Waals surface area contributed by atoms with Crippen molar-refractivity contribution < 1.29 is 0 Å². The number of nitrogens with zero attached hydrogens (tertiary/aromatic N) is 1. The number of thiophene rings is 1. The Morgan fingerprint density at radius 3 is 2.73 bits per heavy atom. The largest absolute Gasteiger partial charge is 0.261 e. The second kappa shape index (κ2) is 3.54. The van der Waals surface area contributed by atoms with Crippen molar-refractivity contribution in [3.8, 4) is 10.4 Å². The number of hydrogen-bond donors (Lipinski definition) is 0. The van der Waals surface area contributed by atoms with Gasteiger partial charge < -0.3 is 0 Å². The minimum Gasteiger partial charge on any atom is -0.261 e. The molecule has 0 fully saturated rings. The molecule has 0 aliphatic carbocycles. The van der Waals surface area contributed by atoms with E-state index in [0.717, 1.165) is 5.69 Å². The number of rotatable bonds is 0. The first-order valence-corrected chi connectivity index (χ1v) is 7.62. The van der Waals surface area contributed by atoms with Crippen molar-refractivity contribution in [1.82, 2.24) is 4.98 Å². The van der Waals surface area contributed by atoms with Gasteiger partial charge >= 0.3 is 0 Å². The predicted octanol–water partition coefficient (Wildman–Crippen LogP) is 4.54. The van der Waals surface area contributed by atoms with Crippen molar-refractivity contribution in [2.24, 2.45) is 0 Å². The first kappa shape index (κ1) is 9.75. The Bertz CT molecular complexity index is 531. The van der Waals surface area contributed by atoms with E-state index in [1.54, 1.807) is 0 Å². The van der Waals surface area contributed by atoms with E-state index in [1.807, 2.05) is 46.0 Å². The van der Waals surface area contributed by atoms with Gasteiger partial charge in [0.05, 0.1) is 4.88 Å². The Labute approximate surface area is 101 Å². The van der Waals surface area contributed by atoms with Crippen LogP contribution >= 0.6 is 32.9 Å². The van der Waals surface area contributed by atoms with Gasteiger partial charge in [-0.1, -0.05) is 21.6 Å². The van der Waals surface area contributed by atoms with Crippen molar-refractivity contribution in [2.75, 3.05) is 0 Å². The molecule has 0 aromatic carbocycles. The summed E-state index contributed by atoms with van der Waals surface area (Å²) >= 11 is 1.86. The van der Waals surface area contributed by atoms with E-state index < -0.39 is 0 Å². The summed E-state index contributed by atoms with van der Waals surface area (Å²) in [7, 11) is 3.70. The van der Waals surface area contributed by atoms with Crippen LogP contribution in [0.2, 0.25) is 0 Å². The summed E-state index contributed by atoms with van der Waals surface area (Å²) in [5.74, 6) is 0. The molecule has 2 aromatic heterocycles. The fourth-order valence-electron chi connectivity index (χ4n) is 1.60. The molecule has 0 saturated heterocycles. The Hall–Kier alpha value is -0.450. The normalized spacial score (nSPS) is 13.5. The fraction of sp³-hybridized carbons (Fsp3) is 0.182. The highest BCUT2D eigenvalue weighted by atomic mass is 33.1. The monoisotopic (exact) mass is 251 g/mol. The van der Waals surface area contributed by atoms with E-state index in [9.17, 15) is 0 Å². The summed E-state index contributed by atoms with van der Waals surface area (Å²) in [5, 5.41) is 0. The Morgan fingerprint density at radius 2 is 1.87 bits per heavy atom. The molecule has 3 heterocycles. The summed E-state index contributed by atoms with van der Waals surface area (Å²) < 4.78 is 0. The molecule has 1 aliphatic heterocycles. The Morgan fingerprint density at radius 1 is 1.07 bits per heavy atom. The van der Waals surface area contributed by atoms with E-state index in [4.69, 9.17) is 0 Å². The van der Waals surface area contributed by atoms with Crippen molar-refractivity contribution in [3.63, 3.8) is 0 Å². The maximum Gasteiger partial charge on any atom is 0.0517 e. The lowest BCUT2D eigenvalue weighted by molar-refractivity contribution is 1.16. The zero-order valence-electron chi connectivity index (χ0n) is 8.40. The van der Waals surface area contributed by atoms with Crippen LogP contribution in [0.15, 0.2) is 28.1 Å². The highest BCUT2D eigenvalue weighted by Crippen LogP contribution is 2.53. The molecule has 3 rings (SSSR count). The Kier molecular flexibility index (Phi) is 2.30. The predicted molar refractivity (Wildman–Crippen MR) is 68.7 cm³/mol. The molecule has 15 heavy (non-hydrogen) atoms. The smallest absolute Gasteiger partial charge is 0.0517 e. The van der Waals surface area contributed by atoms with E-state index in [2.05, 4.69) is 24.0 Å². The molecule has 2 aromatic rings. The number of fused-ring (bicyclic) bond motifs is 3. The van der Waals surface area contributed by atoms with Gasteiger partial charge in [-0.15, -0.1) is 11.3 Å². The Balaban J connectivity index is 2.25. The molecule has 0 radical (unpaired) electrons. The highest BCUT2D eigenvalue weighted by molar-refractivity contribution is 8.76. The van der Waals surface area contributed by atoms with Crippen LogP contribution in [0.3, 0.4) is 0 Å². The molecule has 1 nitrogen and oxygen atoms in total. The summed E-state index contributed by atoms with van der Waals surface area (Å²) in [6.45, 7) is 4.20. The zero-order valence-corrected chi connectivity index (χ0v) is 10.9. The van der Waals surface area contributed by atoms with Gasteiger partial charge in [-0.05, 0) is 26.0 Å². The maximum absolute atomic E-state index is 4.38. The first-order chi connectivity index (χ1) is 7.24. The van der Waals surface area contributed by atoms with Crippen LogP contribution < -0.4 is 0 Å². The van der Waals surface area contributed by atoms with Gasteiger partial charge in [0.2, 0.25) is 0 Å². The van der Waals surface area contributed by atoms with Crippen LogP contribution in [0.25, 0.3) is 10.4 Å². The van der Waals surface area contributed by atoms with E-state index in [0.29, 0.717) is 0 Å². The number of hydrogen-bond acceptors (Lipinski definition) is 4. The van der Waals surface area contributed by atoms with Crippen LogP contribution in [0, 0.1) is 13.8 Å². The van der Waals surface area contributed by atoms with Crippen LogP contribution in [-0.4, -0.2) is 4.98 Å². The molecule has 0 unspecified atom stereocenters. The van der Waals surface area contributed by atoms with E-state index >= 15 is 0 Å². The van der Waals surface area contributed by atoms with Gasteiger partial charge in [0.15, 0.2) is 0 Å². The molecule has 1 aliphatic rings. The third-order valence-electron chi connectivity index (χ3n) is 2.29. The summed E-state index contributed by atoms with van der Waals surface area (Å²) in [4.78, 5) is 9.89. The van der Waals surface area contributed by atoms with E-state index in [-0.39, 0.29) is 0 Å². The minimum atomic E-state index is 1.10. The number of pyridine rings is 1. The van der Waals surface area contributed by atoms with Crippen LogP contribution in [0.1, 0.15) is 10.6 Å². The lowest BCUT2D eigenvalue weighted by Gasteiger charge is -2.14. The van der Waals surface area contributed by atoms with E-state index in [1.165, 1.54) is 25.1 Å². The lowest BCUT2D eigenvalue weighted by Crippen LogP contribution is -1.88. The average molecular weight is 251 g/mol. The second-order valence-corrected chi connectivity index (χ2v) is 7.01. The van der Waals surface area contributed by atoms with Gasteiger partial charge in [-0.3, -0.25) is 4.98 Å². The second-order valence-electron chi connectivity index (χ2n) is 3.54. The molecule has 0 atom stereocenters. The van der Waals surface area contributed by atoms with Crippen molar-refractivity contribution in [1.29, 1.82) is 0 Å². The van der Waals surface area contributed by atoms with Gasteiger partial charge in [-0.25, -0.2) is 0 Å². The quantitative estimate of drug-likeness (QED) is 0.638. The number of aryl methyl sites for hydroxylation is 2. The molecule has 0 saturated carbocycles. The number of aromatic nitrogens is 1. The SMILES string of the molecule is Cc1cc2c(cn1)-c1sc(C)cc1SS2. The molecule has 76 valence electrons. The summed E-state index contributed by atoms with van der Waals surface area (Å²) in [6.07, 6.45) is 2.01. The van der Waals surface area contributed by atoms with Gasteiger partial charge in [0, 0.05) is 32.1 Å². The standard InChI is InChI=1S/C11H9NS3/c1-6-3-9-8(5-12-6)11-10(15-14-9)4-7(2)13-11/h3-5H,1-2H3. The third kappa shape index (κ3) is 1.61. The van der Waals surface area contributed by atoms with Crippen molar-refractivity contribution in [3.05, 3.63) is 28.9 Å². The topological polar surface area (TPSA) is 12.9 Å². The van der Waals surface area contributed by atoms with Gasteiger partial charge in [0.1, 0.15) is 0 Å². The van der Waals surface area contributed by atoms with Gasteiger partial charge in [0.25, 0.3) is 0 Å². The van der Waals surface area contributed by atoms with Crippen LogP contribution in [0.4, 0.5) is 0 Å². The third-order valence-corrected chi connectivity index (χ3v) is 5.93. The zero-order chi connectivity index (χ0) is 10.4. The summed E-state index contributed by atoms with van der Waals surface area (Å²) in [6, 6.07) is 4.44. The molecule has 0 bridgehead atoms. The van der Waals surface area contributed by atoms with Crippen LogP contribution in [-0.2, 0) is 0 Å². The maximum atomic E-state index is 4.38. The van der Waals surface area contributed by atoms with Crippen molar-refractivity contribution >= 4 is 32.9 Å². The molecule has 4 heteroatoms. The average Bonchev–Trinajstić information content (AvgIpc) is 2.58.